The first-order chi connectivity index (χ1) is 6.25. The molecule has 1 nitrogen and oxygen atoms in total. The number of unbranched alkanes of at least 4 members (excludes halogenated alkanes) is 1. The number of rotatable bonds is 4. The maximum atomic E-state index is 13.1. The van der Waals surface area contributed by atoms with E-state index in [0.29, 0.717) is 11.4 Å². The van der Waals surface area contributed by atoms with Crippen LogP contribution in [0.25, 0.3) is 0 Å². The van der Waals surface area contributed by atoms with Crippen molar-refractivity contribution >= 4 is 34.2 Å². The minimum atomic E-state index is -0.346. The molecule has 0 N–H and O–H groups in total. The molecule has 1 heterocycles. The van der Waals surface area contributed by atoms with E-state index >= 15 is 0 Å². The van der Waals surface area contributed by atoms with Gasteiger partial charge in [-0.1, -0.05) is 0 Å². The van der Waals surface area contributed by atoms with Gasteiger partial charge >= 0.3 is 0 Å². The standard InChI is InChI=1S/C9H10ClFIN/c10-5-2-1-3-7-8(12)4-6-13-9(7)11/h4,6H,1-3,5H2. The number of hydrogen-bond donors (Lipinski definition) is 0. The van der Waals surface area contributed by atoms with Crippen molar-refractivity contribution in [2.45, 2.75) is 19.3 Å². The molecule has 0 fully saturated rings. The summed E-state index contributed by atoms with van der Waals surface area (Å²) in [6.07, 6.45) is 4.06. The minimum absolute atomic E-state index is 0.346. The summed E-state index contributed by atoms with van der Waals surface area (Å²) >= 11 is 7.66. The Bertz CT molecular complexity index is 260. The molecule has 0 bridgehead atoms. The van der Waals surface area contributed by atoms with Crippen molar-refractivity contribution in [2.75, 3.05) is 5.88 Å². The van der Waals surface area contributed by atoms with Gasteiger partial charge in [-0.15, -0.1) is 11.6 Å². The summed E-state index contributed by atoms with van der Waals surface area (Å²) in [4.78, 5) is 3.61. The van der Waals surface area contributed by atoms with Gasteiger partial charge in [0.1, 0.15) is 0 Å². The van der Waals surface area contributed by atoms with Gasteiger partial charge in [-0.3, -0.25) is 0 Å². The molecule has 0 aliphatic rings. The highest BCUT2D eigenvalue weighted by Crippen LogP contribution is 2.16. The van der Waals surface area contributed by atoms with Crippen LogP contribution in [0.2, 0.25) is 0 Å². The van der Waals surface area contributed by atoms with Crippen LogP contribution in [-0.2, 0) is 6.42 Å². The predicted octanol–water partition coefficient (Wildman–Crippen LogP) is 3.39. The Morgan fingerprint density at radius 2 is 2.23 bits per heavy atom. The topological polar surface area (TPSA) is 12.9 Å². The fraction of sp³-hybridized carbons (Fsp3) is 0.444. The van der Waals surface area contributed by atoms with Gasteiger partial charge in [-0.2, -0.15) is 4.39 Å². The molecule has 0 saturated carbocycles. The summed E-state index contributed by atoms with van der Waals surface area (Å²) in [5.74, 6) is 0.292. The molecule has 0 aromatic carbocycles. The van der Waals surface area contributed by atoms with Crippen LogP contribution >= 0.6 is 34.2 Å². The van der Waals surface area contributed by atoms with E-state index in [1.54, 1.807) is 0 Å². The lowest BCUT2D eigenvalue weighted by molar-refractivity contribution is 0.560. The summed E-state index contributed by atoms with van der Waals surface area (Å²) < 4.78 is 14.1. The van der Waals surface area contributed by atoms with Gasteiger partial charge in [0.05, 0.1) is 0 Å². The van der Waals surface area contributed by atoms with E-state index in [1.165, 1.54) is 6.20 Å². The van der Waals surface area contributed by atoms with Gasteiger partial charge in [-0.05, 0) is 47.9 Å². The molecule has 0 amide bonds. The molecular weight excluding hydrogens is 303 g/mol. The third-order valence-corrected chi connectivity index (χ3v) is 3.03. The Morgan fingerprint density at radius 3 is 2.85 bits per heavy atom. The van der Waals surface area contributed by atoms with E-state index in [-0.39, 0.29) is 5.95 Å². The second kappa shape index (κ2) is 5.75. The van der Waals surface area contributed by atoms with Crippen LogP contribution in [0.1, 0.15) is 18.4 Å². The highest BCUT2D eigenvalue weighted by molar-refractivity contribution is 14.1. The van der Waals surface area contributed by atoms with E-state index in [4.69, 9.17) is 11.6 Å². The Balaban J connectivity index is 2.64. The molecule has 0 radical (unpaired) electrons. The molecule has 0 spiro atoms. The maximum Gasteiger partial charge on any atom is 0.217 e. The number of alkyl halides is 1. The molecule has 4 heteroatoms. The SMILES string of the molecule is Fc1nccc(I)c1CCCCCl. The van der Waals surface area contributed by atoms with Gasteiger partial charge in [0.15, 0.2) is 0 Å². The largest absolute Gasteiger partial charge is 0.228 e. The molecule has 1 rings (SSSR count). The average molecular weight is 314 g/mol. The fourth-order valence-electron chi connectivity index (χ4n) is 1.06. The quantitative estimate of drug-likeness (QED) is 0.359. The molecule has 72 valence electrons. The van der Waals surface area contributed by atoms with E-state index < -0.39 is 0 Å². The molecule has 1 aromatic heterocycles. The van der Waals surface area contributed by atoms with E-state index in [2.05, 4.69) is 27.6 Å². The Labute approximate surface area is 95.8 Å². The van der Waals surface area contributed by atoms with Crippen molar-refractivity contribution in [2.24, 2.45) is 0 Å². The second-order valence-electron chi connectivity index (χ2n) is 2.71. The van der Waals surface area contributed by atoms with Crippen LogP contribution in [0, 0.1) is 9.52 Å². The average Bonchev–Trinajstić information content (AvgIpc) is 2.10. The smallest absolute Gasteiger partial charge is 0.217 e. The molecule has 0 aliphatic carbocycles. The summed E-state index contributed by atoms with van der Waals surface area (Å²) in [6.45, 7) is 0. The van der Waals surface area contributed by atoms with Crippen LogP contribution in [0.4, 0.5) is 4.39 Å². The van der Waals surface area contributed by atoms with Crippen LogP contribution in [0.5, 0.6) is 0 Å². The van der Waals surface area contributed by atoms with Crippen LogP contribution in [-0.4, -0.2) is 10.9 Å². The zero-order valence-corrected chi connectivity index (χ0v) is 9.98. The molecule has 1 aromatic rings. The highest BCUT2D eigenvalue weighted by atomic mass is 127. The van der Waals surface area contributed by atoms with Crippen LogP contribution in [0.15, 0.2) is 12.3 Å². The molecule has 0 aliphatic heterocycles. The van der Waals surface area contributed by atoms with Crippen molar-refractivity contribution in [3.05, 3.63) is 27.3 Å². The number of nitrogens with zero attached hydrogens (tertiary/aromatic N) is 1. The molecule has 0 saturated heterocycles. The summed E-state index contributed by atoms with van der Waals surface area (Å²) in [5, 5.41) is 0. The fourth-order valence-corrected chi connectivity index (χ4v) is 1.91. The van der Waals surface area contributed by atoms with Gasteiger partial charge in [0, 0.05) is 21.2 Å². The first-order valence-corrected chi connectivity index (χ1v) is 5.72. The van der Waals surface area contributed by atoms with Gasteiger partial charge in [0.2, 0.25) is 5.95 Å². The first kappa shape index (κ1) is 11.2. The molecule has 0 unspecified atom stereocenters. The van der Waals surface area contributed by atoms with Crippen molar-refractivity contribution in [1.82, 2.24) is 4.98 Å². The van der Waals surface area contributed by atoms with Gasteiger partial charge in [-0.25, -0.2) is 4.98 Å². The Morgan fingerprint density at radius 1 is 1.46 bits per heavy atom. The van der Waals surface area contributed by atoms with Crippen molar-refractivity contribution in [1.29, 1.82) is 0 Å². The lowest BCUT2D eigenvalue weighted by Crippen LogP contribution is -1.97. The number of hydrogen-bond acceptors (Lipinski definition) is 1. The minimum Gasteiger partial charge on any atom is -0.228 e. The summed E-state index contributed by atoms with van der Waals surface area (Å²) in [5.41, 5.74) is 0.716. The van der Waals surface area contributed by atoms with Crippen LogP contribution in [0.3, 0.4) is 0 Å². The summed E-state index contributed by atoms with van der Waals surface area (Å²) in [6, 6.07) is 1.82. The molecule has 13 heavy (non-hydrogen) atoms. The Kier molecular flexibility index (Phi) is 4.94. The lowest BCUT2D eigenvalue weighted by atomic mass is 10.1. The molecule has 0 atom stereocenters. The van der Waals surface area contributed by atoms with E-state index in [0.717, 1.165) is 22.8 Å². The number of halogens is 3. The zero-order valence-electron chi connectivity index (χ0n) is 7.06. The summed E-state index contributed by atoms with van der Waals surface area (Å²) in [7, 11) is 0. The number of pyridine rings is 1. The third kappa shape index (κ3) is 3.38. The number of aromatic nitrogens is 1. The monoisotopic (exact) mass is 313 g/mol. The van der Waals surface area contributed by atoms with Gasteiger partial charge in [0.25, 0.3) is 0 Å². The van der Waals surface area contributed by atoms with E-state index in [1.807, 2.05) is 6.07 Å². The highest BCUT2D eigenvalue weighted by Gasteiger charge is 2.06. The maximum absolute atomic E-state index is 13.1. The van der Waals surface area contributed by atoms with Crippen molar-refractivity contribution in [3.8, 4) is 0 Å². The van der Waals surface area contributed by atoms with Gasteiger partial charge < -0.3 is 0 Å². The van der Waals surface area contributed by atoms with Crippen molar-refractivity contribution in [3.63, 3.8) is 0 Å². The van der Waals surface area contributed by atoms with Crippen molar-refractivity contribution < 1.29 is 4.39 Å². The zero-order chi connectivity index (χ0) is 9.68. The molecular formula is C9H10ClFIN. The normalized spacial score (nSPS) is 10.4. The second-order valence-corrected chi connectivity index (χ2v) is 4.25. The third-order valence-electron chi connectivity index (χ3n) is 1.76. The predicted molar refractivity (Wildman–Crippen MR) is 60.6 cm³/mol. The lowest BCUT2D eigenvalue weighted by Gasteiger charge is -2.03. The van der Waals surface area contributed by atoms with Crippen LogP contribution < -0.4 is 0 Å². The van der Waals surface area contributed by atoms with E-state index in [9.17, 15) is 4.39 Å². The Hall–Kier alpha value is 0.1000. The first-order valence-electron chi connectivity index (χ1n) is 4.10.